The summed E-state index contributed by atoms with van der Waals surface area (Å²) in [4.78, 5) is 4.47. The predicted molar refractivity (Wildman–Crippen MR) is 46.9 cm³/mol. The van der Waals surface area contributed by atoms with Gasteiger partial charge in [-0.05, 0) is 12.3 Å². The average Bonchev–Trinajstić information content (AvgIpc) is 2.46. The molecule has 1 aromatic rings. The van der Waals surface area contributed by atoms with E-state index in [9.17, 15) is 0 Å². The molecule has 3 nitrogen and oxygen atoms in total. The molecule has 0 fully saturated rings. The van der Waals surface area contributed by atoms with E-state index < -0.39 is 0 Å². The Kier molecular flexibility index (Phi) is 1.87. The summed E-state index contributed by atoms with van der Waals surface area (Å²) in [5, 5.41) is 4.41. The maximum atomic E-state index is 4.47. The molecular formula is C9H15N3. The van der Waals surface area contributed by atoms with Crippen molar-refractivity contribution in [2.75, 3.05) is 0 Å². The highest BCUT2D eigenvalue weighted by molar-refractivity contribution is 4.96. The van der Waals surface area contributed by atoms with E-state index in [0.717, 1.165) is 31.1 Å². The van der Waals surface area contributed by atoms with Gasteiger partial charge in [0.1, 0.15) is 5.82 Å². The molecule has 0 amide bonds. The number of aryl methyl sites for hydroxylation is 2. The van der Waals surface area contributed by atoms with Crippen LogP contribution in [0.2, 0.25) is 0 Å². The minimum absolute atomic E-state index is 0.784. The Balaban J connectivity index is 2.28. The lowest BCUT2D eigenvalue weighted by Crippen LogP contribution is -2.18. The second-order valence-corrected chi connectivity index (χ2v) is 3.62. The van der Waals surface area contributed by atoms with Gasteiger partial charge in [0.05, 0.1) is 0 Å². The van der Waals surface area contributed by atoms with Gasteiger partial charge in [-0.3, -0.25) is 0 Å². The lowest BCUT2D eigenvalue weighted by Gasteiger charge is -2.17. The number of rotatable bonds is 1. The van der Waals surface area contributed by atoms with Crippen molar-refractivity contribution in [2.24, 2.45) is 5.92 Å². The third kappa shape index (κ3) is 1.24. The molecule has 0 radical (unpaired) electrons. The van der Waals surface area contributed by atoms with Gasteiger partial charge >= 0.3 is 0 Å². The lowest BCUT2D eigenvalue weighted by molar-refractivity contribution is 0.385. The highest BCUT2D eigenvalue weighted by atomic mass is 15.3. The van der Waals surface area contributed by atoms with Crippen molar-refractivity contribution in [3.8, 4) is 0 Å². The summed E-state index contributed by atoms with van der Waals surface area (Å²) in [5.74, 6) is 2.97. The predicted octanol–water partition coefficient (Wildman–Crippen LogP) is 1.42. The normalized spacial score (nSPS) is 22.3. The van der Waals surface area contributed by atoms with E-state index in [4.69, 9.17) is 0 Å². The van der Waals surface area contributed by atoms with Gasteiger partial charge in [0.2, 0.25) is 0 Å². The molecule has 2 heterocycles. The number of fused-ring (bicyclic) bond motifs is 1. The Hall–Kier alpha value is -0.860. The van der Waals surface area contributed by atoms with Crippen LogP contribution < -0.4 is 0 Å². The molecular weight excluding hydrogens is 150 g/mol. The Bertz CT molecular complexity index is 277. The standard InChI is InChI=1S/C9H15N3/c1-3-8-10-9-6-7(2)4-5-12(9)11-8/h7H,3-6H2,1-2H3. The maximum absolute atomic E-state index is 4.47. The highest BCUT2D eigenvalue weighted by Crippen LogP contribution is 2.17. The number of hydrogen-bond donors (Lipinski definition) is 0. The third-order valence-electron chi connectivity index (χ3n) is 2.47. The van der Waals surface area contributed by atoms with Gasteiger partial charge in [-0.15, -0.1) is 0 Å². The SMILES string of the molecule is CCc1nc2n(n1)CCC(C)C2. The van der Waals surface area contributed by atoms with Gasteiger partial charge in [0, 0.05) is 19.4 Å². The Morgan fingerprint density at radius 1 is 1.58 bits per heavy atom. The molecule has 1 aliphatic rings. The molecule has 2 rings (SSSR count). The minimum atomic E-state index is 0.784. The van der Waals surface area contributed by atoms with Crippen LogP contribution >= 0.6 is 0 Å². The third-order valence-corrected chi connectivity index (χ3v) is 2.47. The van der Waals surface area contributed by atoms with Gasteiger partial charge in [0.15, 0.2) is 5.82 Å². The van der Waals surface area contributed by atoms with Crippen LogP contribution in [0.1, 0.15) is 31.9 Å². The van der Waals surface area contributed by atoms with Crippen molar-refractivity contribution in [2.45, 2.75) is 39.7 Å². The summed E-state index contributed by atoms with van der Waals surface area (Å²) < 4.78 is 2.07. The van der Waals surface area contributed by atoms with Crippen molar-refractivity contribution in [3.05, 3.63) is 11.6 Å². The Morgan fingerprint density at radius 3 is 3.17 bits per heavy atom. The first-order valence-electron chi connectivity index (χ1n) is 4.72. The Morgan fingerprint density at radius 2 is 2.42 bits per heavy atom. The van der Waals surface area contributed by atoms with Crippen LogP contribution in [0.5, 0.6) is 0 Å². The molecule has 1 aliphatic heterocycles. The topological polar surface area (TPSA) is 30.7 Å². The van der Waals surface area contributed by atoms with Crippen molar-refractivity contribution in [1.82, 2.24) is 14.8 Å². The van der Waals surface area contributed by atoms with E-state index >= 15 is 0 Å². The zero-order valence-electron chi connectivity index (χ0n) is 7.75. The largest absolute Gasteiger partial charge is 0.250 e. The van der Waals surface area contributed by atoms with E-state index in [1.807, 2.05) is 0 Å². The van der Waals surface area contributed by atoms with Gasteiger partial charge < -0.3 is 0 Å². The first kappa shape index (κ1) is 7.77. The molecule has 66 valence electrons. The molecule has 0 aliphatic carbocycles. The number of nitrogens with zero attached hydrogens (tertiary/aromatic N) is 3. The zero-order chi connectivity index (χ0) is 8.55. The molecule has 0 spiro atoms. The zero-order valence-corrected chi connectivity index (χ0v) is 7.75. The second-order valence-electron chi connectivity index (χ2n) is 3.62. The number of hydrogen-bond acceptors (Lipinski definition) is 2. The number of aromatic nitrogens is 3. The van der Waals surface area contributed by atoms with Crippen LogP contribution in [0, 0.1) is 5.92 Å². The highest BCUT2D eigenvalue weighted by Gasteiger charge is 2.17. The molecule has 0 saturated heterocycles. The summed E-state index contributed by atoms with van der Waals surface area (Å²) >= 11 is 0. The average molecular weight is 165 g/mol. The van der Waals surface area contributed by atoms with Crippen LogP contribution in [-0.2, 0) is 19.4 Å². The molecule has 0 N–H and O–H groups in total. The first-order valence-corrected chi connectivity index (χ1v) is 4.72. The van der Waals surface area contributed by atoms with E-state index in [0.29, 0.717) is 0 Å². The van der Waals surface area contributed by atoms with Gasteiger partial charge in [-0.25, -0.2) is 9.67 Å². The summed E-state index contributed by atoms with van der Waals surface area (Å²) in [6, 6.07) is 0. The van der Waals surface area contributed by atoms with Gasteiger partial charge in [0.25, 0.3) is 0 Å². The second kappa shape index (κ2) is 2.88. The van der Waals surface area contributed by atoms with E-state index in [-0.39, 0.29) is 0 Å². The fourth-order valence-electron chi connectivity index (χ4n) is 1.66. The van der Waals surface area contributed by atoms with Gasteiger partial charge in [-0.1, -0.05) is 13.8 Å². The fourth-order valence-corrected chi connectivity index (χ4v) is 1.66. The molecule has 0 aromatic carbocycles. The molecule has 3 heteroatoms. The molecule has 0 saturated carbocycles. The van der Waals surface area contributed by atoms with E-state index in [2.05, 4.69) is 28.6 Å². The molecule has 1 unspecified atom stereocenters. The van der Waals surface area contributed by atoms with Crippen LogP contribution in [0.25, 0.3) is 0 Å². The fraction of sp³-hybridized carbons (Fsp3) is 0.778. The monoisotopic (exact) mass is 165 g/mol. The first-order chi connectivity index (χ1) is 5.79. The van der Waals surface area contributed by atoms with Crippen molar-refractivity contribution in [3.63, 3.8) is 0 Å². The quantitative estimate of drug-likeness (QED) is 0.630. The molecule has 0 bridgehead atoms. The summed E-state index contributed by atoms with van der Waals surface area (Å²) in [6.07, 6.45) is 3.31. The smallest absolute Gasteiger partial charge is 0.150 e. The van der Waals surface area contributed by atoms with Crippen molar-refractivity contribution < 1.29 is 0 Å². The molecule has 12 heavy (non-hydrogen) atoms. The lowest BCUT2D eigenvalue weighted by atomic mass is 10.0. The van der Waals surface area contributed by atoms with Crippen molar-refractivity contribution >= 4 is 0 Å². The van der Waals surface area contributed by atoms with E-state index in [1.54, 1.807) is 0 Å². The van der Waals surface area contributed by atoms with Crippen LogP contribution in [-0.4, -0.2) is 14.8 Å². The van der Waals surface area contributed by atoms with Crippen LogP contribution in [0.3, 0.4) is 0 Å². The summed E-state index contributed by atoms with van der Waals surface area (Å²) in [6.45, 7) is 5.44. The molecule has 1 atom stereocenters. The van der Waals surface area contributed by atoms with Gasteiger partial charge in [-0.2, -0.15) is 5.10 Å². The van der Waals surface area contributed by atoms with Crippen LogP contribution in [0.15, 0.2) is 0 Å². The summed E-state index contributed by atoms with van der Waals surface area (Å²) in [5.41, 5.74) is 0. The van der Waals surface area contributed by atoms with Crippen molar-refractivity contribution in [1.29, 1.82) is 0 Å². The van der Waals surface area contributed by atoms with Crippen LogP contribution in [0.4, 0.5) is 0 Å². The maximum Gasteiger partial charge on any atom is 0.150 e. The Labute approximate surface area is 72.8 Å². The molecule has 1 aromatic heterocycles. The summed E-state index contributed by atoms with van der Waals surface area (Å²) in [7, 11) is 0. The van der Waals surface area contributed by atoms with E-state index in [1.165, 1.54) is 12.2 Å². The minimum Gasteiger partial charge on any atom is -0.250 e.